The summed E-state index contributed by atoms with van der Waals surface area (Å²) in [5.41, 5.74) is 0.588. The van der Waals surface area contributed by atoms with E-state index in [0.29, 0.717) is 37.2 Å². The van der Waals surface area contributed by atoms with E-state index in [0.717, 1.165) is 0 Å². The van der Waals surface area contributed by atoms with Gasteiger partial charge in [0.25, 0.3) is 0 Å². The van der Waals surface area contributed by atoms with Crippen LogP contribution in [0, 0.1) is 5.82 Å². The summed E-state index contributed by atoms with van der Waals surface area (Å²) in [6.07, 6.45) is 4.59. The first-order chi connectivity index (χ1) is 11.5. The molecule has 0 radical (unpaired) electrons. The number of halogens is 1. The highest BCUT2D eigenvalue weighted by atomic mass is 32.2. The van der Waals surface area contributed by atoms with Crippen molar-refractivity contribution in [1.82, 2.24) is 9.29 Å². The van der Waals surface area contributed by atoms with Crippen LogP contribution in [0.3, 0.4) is 0 Å². The Labute approximate surface area is 141 Å². The van der Waals surface area contributed by atoms with E-state index in [2.05, 4.69) is 4.98 Å². The predicted molar refractivity (Wildman–Crippen MR) is 88.5 cm³/mol. The Balaban J connectivity index is 1.56. The molecule has 128 valence electrons. The molecular formula is C17H19FN2O3S. The molecule has 1 aliphatic rings. The van der Waals surface area contributed by atoms with E-state index < -0.39 is 10.0 Å². The topological polar surface area (TPSA) is 59.5 Å². The number of sulfonamides is 1. The van der Waals surface area contributed by atoms with Crippen molar-refractivity contribution in [3.63, 3.8) is 0 Å². The van der Waals surface area contributed by atoms with Crippen LogP contribution in [0.4, 0.5) is 4.39 Å². The van der Waals surface area contributed by atoms with Gasteiger partial charge in [0.2, 0.25) is 10.0 Å². The van der Waals surface area contributed by atoms with Gasteiger partial charge >= 0.3 is 0 Å². The number of pyridine rings is 1. The number of benzene rings is 1. The van der Waals surface area contributed by atoms with Crippen LogP contribution in [-0.2, 0) is 15.8 Å². The largest absolute Gasteiger partial charge is 0.489 e. The van der Waals surface area contributed by atoms with Crippen molar-refractivity contribution >= 4 is 10.0 Å². The minimum Gasteiger partial charge on any atom is -0.489 e. The van der Waals surface area contributed by atoms with Crippen molar-refractivity contribution in [3.8, 4) is 5.75 Å². The average molecular weight is 350 g/mol. The van der Waals surface area contributed by atoms with Crippen LogP contribution in [-0.4, -0.2) is 36.9 Å². The molecule has 3 rings (SSSR count). The Morgan fingerprint density at radius 1 is 1.17 bits per heavy atom. The Morgan fingerprint density at radius 3 is 2.50 bits per heavy atom. The zero-order chi connectivity index (χ0) is 17.0. The predicted octanol–water partition coefficient (Wildman–Crippen LogP) is 2.59. The number of ether oxygens (including phenoxy) is 1. The Morgan fingerprint density at radius 2 is 1.88 bits per heavy atom. The highest BCUT2D eigenvalue weighted by molar-refractivity contribution is 7.88. The fourth-order valence-corrected chi connectivity index (χ4v) is 4.28. The molecule has 0 atom stereocenters. The molecular weight excluding hydrogens is 331 g/mol. The van der Waals surface area contributed by atoms with E-state index >= 15 is 0 Å². The fourth-order valence-electron chi connectivity index (χ4n) is 2.72. The third-order valence-electron chi connectivity index (χ3n) is 3.99. The second-order valence-electron chi connectivity index (χ2n) is 5.79. The van der Waals surface area contributed by atoms with Crippen LogP contribution in [0.1, 0.15) is 18.4 Å². The maximum absolute atomic E-state index is 12.9. The van der Waals surface area contributed by atoms with Gasteiger partial charge in [-0.3, -0.25) is 4.98 Å². The lowest BCUT2D eigenvalue weighted by Gasteiger charge is -2.31. The first-order valence-corrected chi connectivity index (χ1v) is 9.43. The summed E-state index contributed by atoms with van der Waals surface area (Å²) in [7, 11) is -3.40. The molecule has 0 amide bonds. The van der Waals surface area contributed by atoms with Crippen LogP contribution < -0.4 is 4.74 Å². The molecule has 7 heteroatoms. The van der Waals surface area contributed by atoms with Crippen molar-refractivity contribution in [2.75, 3.05) is 13.1 Å². The lowest BCUT2D eigenvalue weighted by molar-refractivity contribution is 0.134. The van der Waals surface area contributed by atoms with Crippen LogP contribution >= 0.6 is 0 Å². The van der Waals surface area contributed by atoms with Crippen molar-refractivity contribution in [2.45, 2.75) is 24.7 Å². The Hall–Kier alpha value is -1.99. The van der Waals surface area contributed by atoms with Gasteiger partial charge in [-0.1, -0.05) is 12.1 Å². The number of hydrogen-bond acceptors (Lipinski definition) is 4. The van der Waals surface area contributed by atoms with Crippen molar-refractivity contribution in [1.29, 1.82) is 0 Å². The zero-order valence-electron chi connectivity index (χ0n) is 13.1. The number of piperidine rings is 1. The van der Waals surface area contributed by atoms with Gasteiger partial charge in [0.05, 0.1) is 11.9 Å². The van der Waals surface area contributed by atoms with Crippen LogP contribution in [0.5, 0.6) is 5.75 Å². The molecule has 1 aromatic carbocycles. The molecule has 24 heavy (non-hydrogen) atoms. The lowest BCUT2D eigenvalue weighted by Crippen LogP contribution is -2.42. The molecule has 1 fully saturated rings. The molecule has 2 aromatic rings. The maximum Gasteiger partial charge on any atom is 0.218 e. The summed E-state index contributed by atoms with van der Waals surface area (Å²) < 4.78 is 45.2. The average Bonchev–Trinajstić information content (AvgIpc) is 2.58. The maximum atomic E-state index is 12.9. The summed E-state index contributed by atoms with van der Waals surface area (Å²) >= 11 is 0. The Bertz CT molecular complexity index is 758. The van der Waals surface area contributed by atoms with Gasteiger partial charge in [-0.2, -0.15) is 0 Å². The minimum atomic E-state index is -3.40. The van der Waals surface area contributed by atoms with Gasteiger partial charge in [0, 0.05) is 19.3 Å². The molecule has 1 aliphatic heterocycles. The van der Waals surface area contributed by atoms with E-state index in [1.54, 1.807) is 18.5 Å². The van der Waals surface area contributed by atoms with E-state index in [-0.39, 0.29) is 17.7 Å². The highest BCUT2D eigenvalue weighted by Crippen LogP contribution is 2.21. The smallest absolute Gasteiger partial charge is 0.218 e. The molecule has 1 aromatic heterocycles. The van der Waals surface area contributed by atoms with Gasteiger partial charge < -0.3 is 4.74 Å². The number of rotatable bonds is 5. The summed E-state index contributed by atoms with van der Waals surface area (Å²) in [4.78, 5) is 4.00. The molecule has 0 N–H and O–H groups in total. The third kappa shape index (κ3) is 4.30. The number of aromatic nitrogens is 1. The van der Waals surface area contributed by atoms with Crippen molar-refractivity contribution in [3.05, 3.63) is 60.2 Å². The first kappa shape index (κ1) is 16.9. The second-order valence-corrected chi connectivity index (χ2v) is 7.76. The minimum absolute atomic E-state index is 0.00790. The molecule has 0 bridgehead atoms. The zero-order valence-corrected chi connectivity index (χ0v) is 14.0. The Kier molecular flexibility index (Phi) is 5.11. The first-order valence-electron chi connectivity index (χ1n) is 7.82. The molecule has 2 heterocycles. The molecule has 5 nitrogen and oxygen atoms in total. The molecule has 0 spiro atoms. The summed E-state index contributed by atoms with van der Waals surface area (Å²) in [5.74, 6) is 0.219. The number of nitrogens with zero attached hydrogens (tertiary/aromatic N) is 2. The van der Waals surface area contributed by atoms with E-state index in [4.69, 9.17) is 4.74 Å². The monoisotopic (exact) mass is 350 g/mol. The number of hydrogen-bond donors (Lipinski definition) is 0. The SMILES string of the molecule is O=S(=O)(Cc1ccc(F)cc1)N1CCC(Oc2cccnc2)CC1. The summed E-state index contributed by atoms with van der Waals surface area (Å²) in [6.45, 7) is 0.850. The van der Waals surface area contributed by atoms with E-state index in [9.17, 15) is 12.8 Å². The van der Waals surface area contributed by atoms with Gasteiger partial charge in [-0.25, -0.2) is 17.1 Å². The second kappa shape index (κ2) is 7.27. The van der Waals surface area contributed by atoms with Crippen molar-refractivity contribution in [2.24, 2.45) is 0 Å². The van der Waals surface area contributed by atoms with Gasteiger partial charge in [-0.15, -0.1) is 0 Å². The van der Waals surface area contributed by atoms with Crippen LogP contribution in [0.2, 0.25) is 0 Å². The van der Waals surface area contributed by atoms with Gasteiger partial charge in [-0.05, 0) is 42.7 Å². The normalized spacial score (nSPS) is 16.9. The third-order valence-corrected chi connectivity index (χ3v) is 5.84. The van der Waals surface area contributed by atoms with E-state index in [1.165, 1.54) is 28.6 Å². The van der Waals surface area contributed by atoms with E-state index in [1.807, 2.05) is 6.07 Å². The lowest BCUT2D eigenvalue weighted by atomic mass is 10.1. The molecule has 0 saturated carbocycles. The fraction of sp³-hybridized carbons (Fsp3) is 0.353. The standard InChI is InChI=1S/C17H19FN2O3S/c18-15-5-3-14(4-6-15)13-24(21,22)20-10-7-16(8-11-20)23-17-2-1-9-19-12-17/h1-6,9,12,16H,7-8,10-11,13H2. The quantitative estimate of drug-likeness (QED) is 0.832. The van der Waals surface area contributed by atoms with Crippen LogP contribution in [0.25, 0.3) is 0 Å². The van der Waals surface area contributed by atoms with Crippen LogP contribution in [0.15, 0.2) is 48.8 Å². The molecule has 1 saturated heterocycles. The van der Waals surface area contributed by atoms with Gasteiger partial charge in [0.15, 0.2) is 0 Å². The summed E-state index contributed by atoms with van der Waals surface area (Å²) in [5, 5.41) is 0. The van der Waals surface area contributed by atoms with Crippen molar-refractivity contribution < 1.29 is 17.5 Å². The van der Waals surface area contributed by atoms with Gasteiger partial charge in [0.1, 0.15) is 17.7 Å². The highest BCUT2D eigenvalue weighted by Gasteiger charge is 2.29. The molecule has 0 unspecified atom stereocenters. The summed E-state index contributed by atoms with van der Waals surface area (Å²) in [6, 6.07) is 9.20. The molecule has 0 aliphatic carbocycles.